The van der Waals surface area contributed by atoms with Crippen LogP contribution in [-0.2, 0) is 4.74 Å². The van der Waals surface area contributed by atoms with Gasteiger partial charge in [-0.2, -0.15) is 0 Å². The highest BCUT2D eigenvalue weighted by molar-refractivity contribution is 5.89. The van der Waals surface area contributed by atoms with Crippen molar-refractivity contribution in [3.05, 3.63) is 75.8 Å². The van der Waals surface area contributed by atoms with Crippen LogP contribution in [0.3, 0.4) is 0 Å². The van der Waals surface area contributed by atoms with Crippen molar-refractivity contribution in [2.24, 2.45) is 0 Å². The van der Waals surface area contributed by atoms with E-state index in [4.69, 9.17) is 4.74 Å². The predicted molar refractivity (Wildman–Crippen MR) is 73.7 cm³/mol. The smallest absolute Gasteiger partial charge is 0.338 e. The maximum absolute atomic E-state index is 13.8. The number of esters is 1. The van der Waals surface area contributed by atoms with Crippen molar-refractivity contribution in [3.63, 3.8) is 0 Å². The Hall–Kier alpha value is -2.76. The molecule has 0 bridgehead atoms. The lowest BCUT2D eigenvalue weighted by Crippen LogP contribution is -2.10. The molecule has 0 spiro atoms. The largest absolute Gasteiger partial charge is 0.459 e. The number of halogens is 1. The first-order valence-corrected chi connectivity index (χ1v) is 6.18. The van der Waals surface area contributed by atoms with Crippen molar-refractivity contribution < 1.29 is 18.8 Å². The minimum Gasteiger partial charge on any atom is -0.459 e. The monoisotopic (exact) mass is 289 g/mol. The van der Waals surface area contributed by atoms with E-state index in [0.29, 0.717) is 5.56 Å². The van der Waals surface area contributed by atoms with Gasteiger partial charge in [-0.15, -0.1) is 0 Å². The molecule has 2 aromatic carbocycles. The Labute approximate surface area is 120 Å². The Morgan fingerprint density at radius 2 is 1.76 bits per heavy atom. The third-order valence-electron chi connectivity index (χ3n) is 2.84. The van der Waals surface area contributed by atoms with E-state index in [1.165, 1.54) is 24.3 Å². The van der Waals surface area contributed by atoms with Gasteiger partial charge < -0.3 is 4.74 Å². The van der Waals surface area contributed by atoms with Crippen LogP contribution in [0.4, 0.5) is 10.1 Å². The molecule has 2 aromatic rings. The number of carbonyl (C=O) groups excluding carboxylic acids is 1. The number of nitrogens with zero attached hydrogens (tertiary/aromatic N) is 1. The van der Waals surface area contributed by atoms with Gasteiger partial charge in [0, 0.05) is 12.1 Å². The number of rotatable bonds is 5. The zero-order chi connectivity index (χ0) is 15.2. The van der Waals surface area contributed by atoms with Gasteiger partial charge in [0.05, 0.1) is 10.5 Å². The summed E-state index contributed by atoms with van der Waals surface area (Å²) in [5.41, 5.74) is 0.439. The molecule has 1 atom stereocenters. The minimum absolute atomic E-state index is 0.126. The lowest BCUT2D eigenvalue weighted by atomic mass is 10.1. The lowest BCUT2D eigenvalue weighted by Gasteiger charge is -2.09. The standard InChI is InChI=1S/C15H12FNO4/c16-14(11-4-2-1-3-5-11)10-21-15(18)12-6-8-13(9-7-12)17(19)20/h1-9,14H,10H2/t14-/m0/s1. The molecule has 0 aliphatic rings. The number of benzene rings is 2. The summed E-state index contributed by atoms with van der Waals surface area (Å²) in [7, 11) is 0. The molecule has 0 unspecified atom stereocenters. The molecule has 0 radical (unpaired) electrons. The van der Waals surface area contributed by atoms with Crippen LogP contribution < -0.4 is 0 Å². The van der Waals surface area contributed by atoms with Crippen LogP contribution >= 0.6 is 0 Å². The summed E-state index contributed by atoms with van der Waals surface area (Å²) in [4.78, 5) is 21.6. The van der Waals surface area contributed by atoms with Gasteiger partial charge in [0.15, 0.2) is 6.17 Å². The van der Waals surface area contributed by atoms with Crippen molar-refractivity contribution in [2.45, 2.75) is 6.17 Å². The normalized spacial score (nSPS) is 11.7. The number of hydrogen-bond acceptors (Lipinski definition) is 4. The molecular weight excluding hydrogens is 277 g/mol. The number of hydrogen-bond donors (Lipinski definition) is 0. The Balaban J connectivity index is 1.94. The second-order valence-corrected chi connectivity index (χ2v) is 4.28. The van der Waals surface area contributed by atoms with Crippen molar-refractivity contribution in [2.75, 3.05) is 6.61 Å². The van der Waals surface area contributed by atoms with E-state index in [1.54, 1.807) is 30.3 Å². The van der Waals surface area contributed by atoms with Gasteiger partial charge >= 0.3 is 5.97 Å². The highest BCUT2D eigenvalue weighted by Gasteiger charge is 2.15. The maximum atomic E-state index is 13.8. The molecule has 0 saturated heterocycles. The molecule has 0 aliphatic carbocycles. The van der Waals surface area contributed by atoms with E-state index < -0.39 is 23.7 Å². The van der Waals surface area contributed by atoms with Crippen molar-refractivity contribution in [1.29, 1.82) is 0 Å². The van der Waals surface area contributed by atoms with Gasteiger partial charge in [-0.25, -0.2) is 9.18 Å². The van der Waals surface area contributed by atoms with E-state index in [2.05, 4.69) is 0 Å². The summed E-state index contributed by atoms with van der Waals surface area (Å²) in [6.07, 6.45) is -1.41. The SMILES string of the molecule is O=C(OC[C@H](F)c1ccccc1)c1ccc([N+](=O)[O-])cc1. The summed E-state index contributed by atoms with van der Waals surface area (Å²) in [6, 6.07) is 13.3. The summed E-state index contributed by atoms with van der Waals surface area (Å²) in [5.74, 6) is -0.719. The van der Waals surface area contributed by atoms with E-state index >= 15 is 0 Å². The molecule has 21 heavy (non-hydrogen) atoms. The Bertz CT molecular complexity index is 628. The van der Waals surface area contributed by atoms with Crippen LogP contribution in [0.2, 0.25) is 0 Å². The third-order valence-corrected chi connectivity index (χ3v) is 2.84. The van der Waals surface area contributed by atoms with Crippen LogP contribution in [0.1, 0.15) is 22.1 Å². The molecule has 0 fully saturated rings. The second-order valence-electron chi connectivity index (χ2n) is 4.28. The van der Waals surface area contributed by atoms with Crippen LogP contribution in [-0.4, -0.2) is 17.5 Å². The van der Waals surface area contributed by atoms with Crippen LogP contribution in [0.5, 0.6) is 0 Å². The average molecular weight is 289 g/mol. The van der Waals surface area contributed by atoms with Crippen LogP contribution in [0, 0.1) is 10.1 Å². The van der Waals surface area contributed by atoms with Crippen molar-refractivity contribution in [3.8, 4) is 0 Å². The zero-order valence-electron chi connectivity index (χ0n) is 10.9. The molecule has 0 aromatic heterocycles. The summed E-state index contributed by atoms with van der Waals surface area (Å²) in [5, 5.41) is 10.5. The summed E-state index contributed by atoms with van der Waals surface area (Å²) < 4.78 is 18.7. The van der Waals surface area contributed by atoms with Gasteiger partial charge in [-0.1, -0.05) is 30.3 Å². The first-order valence-electron chi connectivity index (χ1n) is 6.18. The molecule has 0 aliphatic heterocycles. The molecule has 6 heteroatoms. The second kappa shape index (κ2) is 6.60. The molecule has 0 heterocycles. The van der Waals surface area contributed by atoms with E-state index in [1.807, 2.05) is 0 Å². The molecule has 0 amide bonds. The fraction of sp³-hybridized carbons (Fsp3) is 0.133. The number of nitro groups is 1. The summed E-state index contributed by atoms with van der Waals surface area (Å²) in [6.45, 7) is -0.403. The first kappa shape index (κ1) is 14.6. The average Bonchev–Trinajstić information content (AvgIpc) is 2.53. The number of alkyl halides is 1. The van der Waals surface area contributed by atoms with Gasteiger partial charge in [0.25, 0.3) is 5.69 Å². The van der Waals surface area contributed by atoms with E-state index in [9.17, 15) is 19.3 Å². The Kier molecular flexibility index (Phi) is 4.61. The van der Waals surface area contributed by atoms with E-state index in [0.717, 1.165) is 0 Å². The predicted octanol–water partition coefficient (Wildman–Crippen LogP) is 3.46. The maximum Gasteiger partial charge on any atom is 0.338 e. The molecule has 0 saturated carbocycles. The zero-order valence-corrected chi connectivity index (χ0v) is 10.9. The van der Waals surface area contributed by atoms with Crippen molar-refractivity contribution in [1.82, 2.24) is 0 Å². The molecule has 5 nitrogen and oxygen atoms in total. The molecule has 2 rings (SSSR count). The topological polar surface area (TPSA) is 69.4 Å². The fourth-order valence-electron chi connectivity index (χ4n) is 1.71. The highest BCUT2D eigenvalue weighted by Crippen LogP contribution is 2.18. The number of non-ortho nitro benzene ring substituents is 1. The van der Waals surface area contributed by atoms with E-state index in [-0.39, 0.29) is 11.3 Å². The number of carbonyl (C=O) groups is 1. The van der Waals surface area contributed by atoms with Crippen molar-refractivity contribution >= 4 is 11.7 Å². The quantitative estimate of drug-likeness (QED) is 0.480. The molecule has 0 N–H and O–H groups in total. The first-order chi connectivity index (χ1) is 10.1. The fourth-order valence-corrected chi connectivity index (χ4v) is 1.71. The summed E-state index contributed by atoms with van der Waals surface area (Å²) >= 11 is 0. The van der Waals surface area contributed by atoms with Gasteiger partial charge in [0.1, 0.15) is 6.61 Å². The van der Waals surface area contributed by atoms with Crippen LogP contribution in [0.25, 0.3) is 0 Å². The third kappa shape index (κ3) is 3.85. The minimum atomic E-state index is -1.41. The molecule has 108 valence electrons. The van der Waals surface area contributed by atoms with Gasteiger partial charge in [0.2, 0.25) is 0 Å². The van der Waals surface area contributed by atoms with Crippen LogP contribution in [0.15, 0.2) is 54.6 Å². The molecular formula is C15H12FNO4. The Morgan fingerprint density at radius 3 is 2.33 bits per heavy atom. The van der Waals surface area contributed by atoms with Gasteiger partial charge in [-0.3, -0.25) is 10.1 Å². The highest BCUT2D eigenvalue weighted by atomic mass is 19.1. The number of nitro benzene ring substituents is 1. The number of ether oxygens (including phenoxy) is 1. The Morgan fingerprint density at radius 1 is 1.14 bits per heavy atom. The van der Waals surface area contributed by atoms with Gasteiger partial charge in [-0.05, 0) is 17.7 Å². The lowest BCUT2D eigenvalue weighted by molar-refractivity contribution is -0.384.